The van der Waals surface area contributed by atoms with E-state index in [1.165, 1.54) is 5.56 Å². The summed E-state index contributed by atoms with van der Waals surface area (Å²) in [6.07, 6.45) is 4.53. The van der Waals surface area contributed by atoms with E-state index in [2.05, 4.69) is 0 Å². The lowest BCUT2D eigenvalue weighted by Crippen LogP contribution is -2.45. The van der Waals surface area contributed by atoms with Crippen LogP contribution in [0.25, 0.3) is 0 Å². The van der Waals surface area contributed by atoms with Crippen LogP contribution in [0.1, 0.15) is 50.2 Å². The Hall–Kier alpha value is -1.92. The second kappa shape index (κ2) is 8.62. The van der Waals surface area contributed by atoms with Gasteiger partial charge in [-0.2, -0.15) is 0 Å². The third kappa shape index (κ3) is 4.08. The first-order chi connectivity index (χ1) is 13.4. The van der Waals surface area contributed by atoms with Crippen LogP contribution < -0.4 is 5.48 Å². The zero-order chi connectivity index (χ0) is 20.3. The van der Waals surface area contributed by atoms with Gasteiger partial charge in [0, 0.05) is 20.2 Å². The molecule has 28 heavy (non-hydrogen) atoms. The maximum absolute atomic E-state index is 13.3. The van der Waals surface area contributed by atoms with Crippen LogP contribution in [0.2, 0.25) is 0 Å². The van der Waals surface area contributed by atoms with Crippen molar-refractivity contribution in [3.63, 3.8) is 0 Å². The summed E-state index contributed by atoms with van der Waals surface area (Å²) < 4.78 is 5.43. The van der Waals surface area contributed by atoms with Crippen molar-refractivity contribution in [3.05, 3.63) is 35.4 Å². The molecule has 1 aliphatic carbocycles. The number of methoxy groups -OCH3 is 1. The highest BCUT2D eigenvalue weighted by Crippen LogP contribution is 2.38. The molecular formula is C22H32N2O4. The molecule has 1 aromatic rings. The first kappa shape index (κ1) is 20.8. The Morgan fingerprint density at radius 2 is 1.93 bits per heavy atom. The number of hydroxylamine groups is 1. The van der Waals surface area contributed by atoms with E-state index >= 15 is 0 Å². The minimum atomic E-state index is -0.554. The molecule has 1 aliphatic heterocycles. The Morgan fingerprint density at radius 3 is 2.50 bits per heavy atom. The number of hydrogen-bond donors (Lipinski definition) is 2. The average Bonchev–Trinajstić information content (AvgIpc) is 3.01. The minimum Gasteiger partial charge on any atom is -0.381 e. The van der Waals surface area contributed by atoms with Gasteiger partial charge in [0.05, 0.1) is 17.4 Å². The summed E-state index contributed by atoms with van der Waals surface area (Å²) in [5.41, 5.74) is 3.46. The number of likely N-dealkylation sites (tertiary alicyclic amines) is 1. The molecule has 2 atom stereocenters. The lowest BCUT2D eigenvalue weighted by molar-refractivity contribution is -0.139. The van der Waals surface area contributed by atoms with Crippen LogP contribution in [0.4, 0.5) is 0 Å². The van der Waals surface area contributed by atoms with Crippen molar-refractivity contribution in [2.24, 2.45) is 11.8 Å². The summed E-state index contributed by atoms with van der Waals surface area (Å²) in [6.45, 7) is 5.01. The van der Waals surface area contributed by atoms with Crippen LogP contribution in [-0.4, -0.2) is 48.2 Å². The standard InChI is InChI=1S/C22H32N2O4/c1-15-4-8-17(9-5-15)22(2)12-13-24(21(22)26)14-19(20(25)23-27)16-6-10-18(28-3)11-7-16/h4-5,8-9,16,18-19,27H,6-7,10-14H2,1-3H3,(H,23,25). The largest absolute Gasteiger partial charge is 0.381 e. The number of hydrogen-bond acceptors (Lipinski definition) is 4. The lowest BCUT2D eigenvalue weighted by atomic mass is 9.78. The van der Waals surface area contributed by atoms with Gasteiger partial charge in [-0.3, -0.25) is 14.8 Å². The highest BCUT2D eigenvalue weighted by molar-refractivity contribution is 5.90. The van der Waals surface area contributed by atoms with Gasteiger partial charge in [-0.15, -0.1) is 0 Å². The van der Waals surface area contributed by atoms with Gasteiger partial charge in [0.15, 0.2) is 0 Å². The van der Waals surface area contributed by atoms with Gasteiger partial charge < -0.3 is 9.64 Å². The molecule has 6 nitrogen and oxygen atoms in total. The predicted molar refractivity (Wildman–Crippen MR) is 106 cm³/mol. The molecule has 1 heterocycles. The summed E-state index contributed by atoms with van der Waals surface area (Å²) in [5.74, 6) is -0.569. The van der Waals surface area contributed by atoms with Crippen molar-refractivity contribution in [2.75, 3.05) is 20.2 Å². The first-order valence-corrected chi connectivity index (χ1v) is 10.2. The van der Waals surface area contributed by atoms with Crippen LogP contribution in [0.3, 0.4) is 0 Å². The van der Waals surface area contributed by atoms with Crippen LogP contribution in [0, 0.1) is 18.8 Å². The Balaban J connectivity index is 1.72. The summed E-state index contributed by atoms with van der Waals surface area (Å²) in [4.78, 5) is 27.5. The molecule has 1 saturated carbocycles. The molecule has 2 N–H and O–H groups in total. The summed E-state index contributed by atoms with van der Waals surface area (Å²) in [7, 11) is 1.72. The highest BCUT2D eigenvalue weighted by atomic mass is 16.5. The normalized spacial score (nSPS) is 29.0. The van der Waals surface area contributed by atoms with Gasteiger partial charge in [-0.05, 0) is 57.4 Å². The fourth-order valence-corrected chi connectivity index (χ4v) is 4.77. The van der Waals surface area contributed by atoms with Gasteiger partial charge >= 0.3 is 0 Å². The molecule has 1 saturated heterocycles. The molecule has 154 valence electrons. The third-order valence-corrected chi connectivity index (χ3v) is 6.81. The monoisotopic (exact) mass is 388 g/mol. The second-order valence-electron chi connectivity index (χ2n) is 8.55. The lowest BCUT2D eigenvalue weighted by Gasteiger charge is -2.34. The SMILES string of the molecule is COC1CCC(C(CN2CCC(C)(c3ccc(C)cc3)C2=O)C(=O)NO)CC1. The quantitative estimate of drug-likeness (QED) is 0.580. The average molecular weight is 389 g/mol. The van der Waals surface area contributed by atoms with Gasteiger partial charge in [-0.1, -0.05) is 29.8 Å². The van der Waals surface area contributed by atoms with Crippen molar-refractivity contribution in [1.82, 2.24) is 10.4 Å². The zero-order valence-electron chi connectivity index (χ0n) is 17.1. The Labute approximate surface area is 167 Å². The van der Waals surface area contributed by atoms with E-state index in [1.807, 2.05) is 48.5 Å². The van der Waals surface area contributed by atoms with Gasteiger partial charge in [0.1, 0.15) is 0 Å². The van der Waals surface area contributed by atoms with Crippen molar-refractivity contribution < 1.29 is 19.5 Å². The molecule has 0 aromatic heterocycles. The van der Waals surface area contributed by atoms with Crippen LogP contribution in [0.15, 0.2) is 24.3 Å². The van der Waals surface area contributed by atoms with Gasteiger partial charge in [0.2, 0.25) is 11.8 Å². The van der Waals surface area contributed by atoms with E-state index < -0.39 is 17.2 Å². The van der Waals surface area contributed by atoms with Gasteiger partial charge in [-0.25, -0.2) is 5.48 Å². The molecule has 2 fully saturated rings. The van der Waals surface area contributed by atoms with Crippen molar-refractivity contribution in [3.8, 4) is 0 Å². The number of amides is 2. The summed E-state index contributed by atoms with van der Waals surface area (Å²) >= 11 is 0. The van der Waals surface area contributed by atoms with E-state index in [-0.39, 0.29) is 17.9 Å². The van der Waals surface area contributed by atoms with Crippen LogP contribution in [-0.2, 0) is 19.7 Å². The number of ether oxygens (including phenoxy) is 1. The van der Waals surface area contributed by atoms with E-state index in [0.717, 1.165) is 37.7 Å². The Kier molecular flexibility index (Phi) is 6.40. The highest BCUT2D eigenvalue weighted by Gasteiger charge is 2.45. The molecular weight excluding hydrogens is 356 g/mol. The van der Waals surface area contributed by atoms with Crippen molar-refractivity contribution >= 4 is 11.8 Å². The number of rotatable bonds is 6. The third-order valence-electron chi connectivity index (χ3n) is 6.81. The zero-order valence-corrected chi connectivity index (χ0v) is 17.1. The molecule has 0 bridgehead atoms. The van der Waals surface area contributed by atoms with Crippen LogP contribution in [0.5, 0.6) is 0 Å². The predicted octanol–water partition coefficient (Wildman–Crippen LogP) is 2.81. The number of nitrogens with zero attached hydrogens (tertiary/aromatic N) is 1. The maximum atomic E-state index is 13.3. The van der Waals surface area contributed by atoms with Crippen molar-refractivity contribution in [2.45, 2.75) is 57.5 Å². The topological polar surface area (TPSA) is 78.9 Å². The minimum absolute atomic E-state index is 0.0673. The van der Waals surface area contributed by atoms with E-state index in [0.29, 0.717) is 13.1 Å². The number of nitrogens with one attached hydrogen (secondary N) is 1. The molecule has 2 unspecified atom stereocenters. The summed E-state index contributed by atoms with van der Waals surface area (Å²) in [6, 6.07) is 8.13. The van der Waals surface area contributed by atoms with Crippen molar-refractivity contribution in [1.29, 1.82) is 0 Å². The number of carbonyl (C=O) groups excluding carboxylic acids is 2. The summed E-state index contributed by atoms with van der Waals surface area (Å²) in [5, 5.41) is 9.25. The molecule has 0 spiro atoms. The van der Waals surface area contributed by atoms with E-state index in [9.17, 15) is 14.8 Å². The molecule has 2 aliphatic rings. The van der Waals surface area contributed by atoms with Gasteiger partial charge in [0.25, 0.3) is 0 Å². The van der Waals surface area contributed by atoms with E-state index in [1.54, 1.807) is 7.11 Å². The molecule has 0 radical (unpaired) electrons. The first-order valence-electron chi connectivity index (χ1n) is 10.2. The molecule has 2 amide bonds. The number of carbonyl (C=O) groups is 2. The Bertz CT molecular complexity index is 697. The molecule has 3 rings (SSSR count). The number of aryl methyl sites for hydroxylation is 1. The van der Waals surface area contributed by atoms with E-state index in [4.69, 9.17) is 4.74 Å². The van der Waals surface area contributed by atoms with Crippen LogP contribution >= 0.6 is 0 Å². The molecule has 1 aromatic carbocycles. The fraction of sp³-hybridized carbons (Fsp3) is 0.636. The molecule has 6 heteroatoms. The number of benzene rings is 1. The smallest absolute Gasteiger partial charge is 0.248 e. The second-order valence-corrected chi connectivity index (χ2v) is 8.55. The maximum Gasteiger partial charge on any atom is 0.248 e. The Morgan fingerprint density at radius 1 is 1.29 bits per heavy atom. The fourth-order valence-electron chi connectivity index (χ4n) is 4.77.